The smallest absolute Gasteiger partial charge is 0.416 e. The maximum absolute atomic E-state index is 13.2. The number of nitro groups is 1. The van der Waals surface area contributed by atoms with Crippen LogP contribution in [0.15, 0.2) is 78.9 Å². The van der Waals surface area contributed by atoms with Crippen molar-refractivity contribution in [3.05, 3.63) is 111 Å². The van der Waals surface area contributed by atoms with E-state index in [1.807, 2.05) is 0 Å². The Balaban J connectivity index is 1.37. The van der Waals surface area contributed by atoms with Crippen LogP contribution in [-0.4, -0.2) is 23.8 Å². The fraction of sp³-hybridized carbons (Fsp3) is 0.188. The minimum Gasteiger partial charge on any atom is -0.490 e. The number of nitrogens with one attached hydrogen (secondary N) is 3. The van der Waals surface area contributed by atoms with Crippen molar-refractivity contribution in [2.75, 3.05) is 17.7 Å². The summed E-state index contributed by atoms with van der Waals surface area (Å²) in [6.45, 7) is 3.27. The highest BCUT2D eigenvalue weighted by Gasteiger charge is 2.32. The van der Waals surface area contributed by atoms with Gasteiger partial charge in [-0.05, 0) is 84.6 Å². The summed E-state index contributed by atoms with van der Waals surface area (Å²) in [5.41, 5.74) is 2.03. The van der Waals surface area contributed by atoms with Gasteiger partial charge < -0.3 is 20.7 Å². The number of nitrogens with zero attached hydrogens (tertiary/aromatic N) is 1. The van der Waals surface area contributed by atoms with Crippen molar-refractivity contribution < 1.29 is 32.4 Å². The Bertz CT molecular complexity index is 1800. The fourth-order valence-electron chi connectivity index (χ4n) is 4.91. The van der Waals surface area contributed by atoms with E-state index in [0.29, 0.717) is 44.9 Å². The second kappa shape index (κ2) is 11.4. The van der Waals surface area contributed by atoms with Crippen LogP contribution >= 0.6 is 0 Å². The van der Waals surface area contributed by atoms with Crippen LogP contribution in [0.3, 0.4) is 0 Å². The molecule has 4 aromatic rings. The Kier molecular flexibility index (Phi) is 7.77. The van der Waals surface area contributed by atoms with E-state index in [4.69, 9.17) is 4.74 Å². The maximum Gasteiger partial charge on any atom is 0.416 e. The first-order valence-corrected chi connectivity index (χ1v) is 13.4. The highest BCUT2D eigenvalue weighted by atomic mass is 19.4. The zero-order valence-electron chi connectivity index (χ0n) is 23.8. The predicted molar refractivity (Wildman–Crippen MR) is 159 cm³/mol. The van der Waals surface area contributed by atoms with E-state index in [1.54, 1.807) is 62.4 Å². The van der Waals surface area contributed by atoms with E-state index in [2.05, 4.69) is 16.0 Å². The molecule has 0 saturated heterocycles. The van der Waals surface area contributed by atoms with Gasteiger partial charge in [0.2, 0.25) is 5.91 Å². The number of hydrogen-bond donors (Lipinski definition) is 3. The molecule has 0 bridgehead atoms. The molecule has 0 aromatic heterocycles. The number of ether oxygens (including phenoxy) is 1. The van der Waals surface area contributed by atoms with Crippen LogP contribution in [0.5, 0.6) is 5.75 Å². The summed E-state index contributed by atoms with van der Waals surface area (Å²) < 4.78 is 44.4. The lowest BCUT2D eigenvalue weighted by molar-refractivity contribution is -0.385. The van der Waals surface area contributed by atoms with Gasteiger partial charge in [-0.15, -0.1) is 0 Å². The first-order chi connectivity index (χ1) is 20.8. The zero-order valence-corrected chi connectivity index (χ0v) is 23.8. The third-order valence-corrected chi connectivity index (χ3v) is 7.51. The quantitative estimate of drug-likeness (QED) is 0.152. The van der Waals surface area contributed by atoms with Crippen LogP contribution < -0.4 is 20.7 Å². The van der Waals surface area contributed by atoms with Gasteiger partial charge in [-0.2, -0.15) is 13.2 Å². The minimum atomic E-state index is -4.49. The summed E-state index contributed by atoms with van der Waals surface area (Å²) in [7, 11) is 1.35. The van der Waals surface area contributed by atoms with Gasteiger partial charge >= 0.3 is 11.9 Å². The normalized spacial score (nSPS) is 12.6. The van der Waals surface area contributed by atoms with Gasteiger partial charge in [0.25, 0.3) is 5.91 Å². The Labute approximate surface area is 250 Å². The molecule has 0 radical (unpaired) electrons. The number of alkyl halides is 3. The number of nitro benzene ring substituents is 1. The largest absolute Gasteiger partial charge is 0.490 e. The summed E-state index contributed by atoms with van der Waals surface area (Å²) in [4.78, 5) is 37.1. The van der Waals surface area contributed by atoms with Crippen LogP contribution in [0.2, 0.25) is 0 Å². The third-order valence-electron chi connectivity index (χ3n) is 7.51. The lowest BCUT2D eigenvalue weighted by Crippen LogP contribution is -2.39. The average molecular weight is 605 g/mol. The van der Waals surface area contributed by atoms with Crippen LogP contribution in [0.4, 0.5) is 35.9 Å². The maximum atomic E-state index is 13.2. The molecule has 12 heteroatoms. The summed E-state index contributed by atoms with van der Waals surface area (Å²) in [6.07, 6.45) is -4.49. The third kappa shape index (κ3) is 5.91. The number of amides is 2. The van der Waals surface area contributed by atoms with Crippen LogP contribution in [0, 0.1) is 10.1 Å². The Morgan fingerprint density at radius 1 is 0.886 bits per heavy atom. The molecule has 226 valence electrons. The number of benzene rings is 4. The standard InChI is InChI=1S/C32H27F3N4O5/c1-31(2,30(41)36-17-18-5-4-6-22(13-18)32(33,34)35)21-9-11-24-26(16-21)38-29(40)23-10-7-19(14-25(23)37-24)20-8-12-27(39(42)43)28(15-20)44-3/h4-16,37H,17H2,1-3H3,(H,36,41)(H,38,40). The molecule has 0 saturated carbocycles. The molecular weight excluding hydrogens is 577 g/mol. The van der Waals surface area contributed by atoms with Gasteiger partial charge in [-0.3, -0.25) is 19.7 Å². The molecule has 5 rings (SSSR count). The molecule has 44 heavy (non-hydrogen) atoms. The van der Waals surface area contributed by atoms with Crippen molar-refractivity contribution in [1.82, 2.24) is 5.32 Å². The molecule has 0 unspecified atom stereocenters. The molecule has 3 N–H and O–H groups in total. The first-order valence-electron chi connectivity index (χ1n) is 13.4. The highest BCUT2D eigenvalue weighted by Crippen LogP contribution is 2.39. The first kappa shape index (κ1) is 30.1. The fourth-order valence-corrected chi connectivity index (χ4v) is 4.91. The van der Waals surface area contributed by atoms with E-state index in [9.17, 15) is 32.9 Å². The highest BCUT2D eigenvalue weighted by molar-refractivity contribution is 6.12. The minimum absolute atomic E-state index is 0.0896. The van der Waals surface area contributed by atoms with Crippen LogP contribution in [0.25, 0.3) is 11.1 Å². The molecule has 1 aliphatic heterocycles. The Morgan fingerprint density at radius 3 is 2.32 bits per heavy atom. The molecule has 9 nitrogen and oxygen atoms in total. The zero-order chi connectivity index (χ0) is 31.8. The van der Waals surface area contributed by atoms with Gasteiger partial charge in [0.1, 0.15) is 0 Å². The topological polar surface area (TPSA) is 123 Å². The van der Waals surface area contributed by atoms with Crippen molar-refractivity contribution in [2.24, 2.45) is 0 Å². The second-order valence-corrected chi connectivity index (χ2v) is 10.7. The molecule has 0 atom stereocenters. The number of carbonyl (C=O) groups is 2. The van der Waals surface area contributed by atoms with Crippen molar-refractivity contribution in [3.63, 3.8) is 0 Å². The average Bonchev–Trinajstić information content (AvgIpc) is 3.13. The molecule has 4 aromatic carbocycles. The summed E-state index contributed by atoms with van der Waals surface area (Å²) in [6, 6.07) is 19.5. The van der Waals surface area contributed by atoms with E-state index in [1.165, 1.54) is 25.3 Å². The van der Waals surface area contributed by atoms with Gasteiger partial charge in [0.05, 0.1) is 45.6 Å². The Hall–Kier alpha value is -5.39. The monoisotopic (exact) mass is 604 g/mol. The lowest BCUT2D eigenvalue weighted by atomic mass is 9.83. The lowest BCUT2D eigenvalue weighted by Gasteiger charge is -2.25. The van der Waals surface area contributed by atoms with Crippen molar-refractivity contribution in [1.29, 1.82) is 0 Å². The number of hydrogen-bond acceptors (Lipinski definition) is 6. The Morgan fingerprint density at radius 2 is 1.61 bits per heavy atom. The molecule has 1 heterocycles. The summed E-state index contributed by atoms with van der Waals surface area (Å²) >= 11 is 0. The number of fused-ring (bicyclic) bond motifs is 2. The van der Waals surface area contributed by atoms with E-state index < -0.39 is 28.0 Å². The van der Waals surface area contributed by atoms with Gasteiger partial charge in [0.15, 0.2) is 5.75 Å². The molecule has 2 amide bonds. The number of carbonyl (C=O) groups excluding carboxylic acids is 2. The summed E-state index contributed by atoms with van der Waals surface area (Å²) in [5, 5.41) is 20.1. The van der Waals surface area contributed by atoms with Gasteiger partial charge in [0, 0.05) is 12.6 Å². The molecule has 0 fully saturated rings. The van der Waals surface area contributed by atoms with E-state index >= 15 is 0 Å². The van der Waals surface area contributed by atoms with Crippen molar-refractivity contribution >= 4 is 34.6 Å². The number of rotatable bonds is 7. The van der Waals surface area contributed by atoms with E-state index in [0.717, 1.165) is 12.1 Å². The molecule has 0 spiro atoms. The summed E-state index contributed by atoms with van der Waals surface area (Å²) in [5.74, 6) is -0.690. The van der Waals surface area contributed by atoms with Gasteiger partial charge in [-0.25, -0.2) is 0 Å². The van der Waals surface area contributed by atoms with Crippen LogP contribution in [-0.2, 0) is 22.9 Å². The number of methoxy groups -OCH3 is 1. The van der Waals surface area contributed by atoms with Crippen LogP contribution in [0.1, 0.15) is 40.9 Å². The van der Waals surface area contributed by atoms with Crippen molar-refractivity contribution in [3.8, 4) is 16.9 Å². The molecular formula is C32H27F3N4O5. The van der Waals surface area contributed by atoms with Crippen molar-refractivity contribution in [2.45, 2.75) is 32.0 Å². The van der Waals surface area contributed by atoms with Gasteiger partial charge in [-0.1, -0.05) is 24.3 Å². The number of halogens is 3. The predicted octanol–water partition coefficient (Wildman–Crippen LogP) is 7.19. The van der Waals surface area contributed by atoms with E-state index in [-0.39, 0.29) is 23.9 Å². The molecule has 0 aliphatic carbocycles. The molecule has 1 aliphatic rings. The number of anilines is 3. The second-order valence-electron chi connectivity index (χ2n) is 10.7. The SMILES string of the molecule is COc1cc(-c2ccc3c(c2)Nc2ccc(C(C)(C)C(=O)NCc4cccc(C(F)(F)F)c4)cc2NC3=O)ccc1[N+](=O)[O-].